The number of thiazole rings is 1. The molecule has 72 valence electrons. The number of nitrogens with zero attached hydrogens (tertiary/aromatic N) is 1. The molecule has 5 heteroatoms. The van der Waals surface area contributed by atoms with Gasteiger partial charge < -0.3 is 5.73 Å². The van der Waals surface area contributed by atoms with Crippen LogP contribution in [0.3, 0.4) is 0 Å². The molecule has 0 fully saturated rings. The summed E-state index contributed by atoms with van der Waals surface area (Å²) in [4.78, 5) is 4.18. The Hall–Kier alpha value is -0.580. The van der Waals surface area contributed by atoms with Crippen molar-refractivity contribution < 1.29 is 0 Å². The number of nitrogens with two attached hydrogens (primary N) is 1. The van der Waals surface area contributed by atoms with E-state index in [1.165, 1.54) is 11.3 Å². The lowest BCUT2D eigenvalue weighted by atomic mass is 10.2. The van der Waals surface area contributed by atoms with Crippen LogP contribution in [0.1, 0.15) is 0 Å². The summed E-state index contributed by atoms with van der Waals surface area (Å²) in [5.41, 5.74) is 9.22. The molecular weight excluding hydrogens is 284 g/mol. The van der Waals surface area contributed by atoms with Crippen LogP contribution in [0.15, 0.2) is 28.2 Å². The molecule has 0 saturated carbocycles. The van der Waals surface area contributed by atoms with Crippen molar-refractivity contribution in [3.05, 3.63) is 33.2 Å². The van der Waals surface area contributed by atoms with Gasteiger partial charge in [-0.25, -0.2) is 4.98 Å². The Balaban J connectivity index is 2.53. The Bertz CT molecular complexity index is 470. The molecule has 2 aromatic rings. The van der Waals surface area contributed by atoms with Crippen molar-refractivity contribution in [1.29, 1.82) is 0 Å². The third-order valence-corrected chi connectivity index (χ3v) is 3.68. The molecule has 0 radical (unpaired) electrons. The maximum Gasteiger partial charge on any atom is 0.114 e. The first-order chi connectivity index (χ1) is 6.68. The first-order valence-corrected chi connectivity index (χ1v) is 5.88. The number of anilines is 1. The molecule has 1 aromatic heterocycles. The van der Waals surface area contributed by atoms with E-state index in [0.717, 1.165) is 15.7 Å². The standard InChI is InChI=1S/C9H6BrClN2S/c10-6-2-1-5(3-7(6)11)8-9(12)14-4-13-8/h1-4H,12H2. The van der Waals surface area contributed by atoms with E-state index in [9.17, 15) is 0 Å². The lowest BCUT2D eigenvalue weighted by Crippen LogP contribution is -1.85. The van der Waals surface area contributed by atoms with Crippen LogP contribution in [-0.4, -0.2) is 4.98 Å². The molecule has 2 rings (SSSR count). The number of halogens is 2. The summed E-state index contributed by atoms with van der Waals surface area (Å²) in [5.74, 6) is 0. The Morgan fingerprint density at radius 1 is 1.43 bits per heavy atom. The Morgan fingerprint density at radius 3 is 2.79 bits per heavy atom. The van der Waals surface area contributed by atoms with Crippen LogP contribution in [0.5, 0.6) is 0 Å². The SMILES string of the molecule is Nc1scnc1-c1ccc(Br)c(Cl)c1. The van der Waals surface area contributed by atoms with Gasteiger partial charge in [-0.1, -0.05) is 17.7 Å². The minimum Gasteiger partial charge on any atom is -0.389 e. The normalized spacial score (nSPS) is 10.4. The first-order valence-electron chi connectivity index (χ1n) is 3.83. The highest BCUT2D eigenvalue weighted by Crippen LogP contribution is 2.32. The Labute approximate surface area is 98.9 Å². The van der Waals surface area contributed by atoms with Crippen molar-refractivity contribution in [1.82, 2.24) is 4.98 Å². The molecule has 0 aliphatic carbocycles. The van der Waals surface area contributed by atoms with Crippen molar-refractivity contribution >= 4 is 43.9 Å². The second-order valence-corrected chi connectivity index (χ2v) is 4.84. The van der Waals surface area contributed by atoms with Crippen LogP contribution in [0, 0.1) is 0 Å². The van der Waals surface area contributed by atoms with E-state index in [4.69, 9.17) is 17.3 Å². The highest BCUT2D eigenvalue weighted by atomic mass is 79.9. The van der Waals surface area contributed by atoms with Gasteiger partial charge in [-0.15, -0.1) is 11.3 Å². The minimum absolute atomic E-state index is 0.662. The molecule has 2 nitrogen and oxygen atoms in total. The van der Waals surface area contributed by atoms with Gasteiger partial charge in [-0.3, -0.25) is 0 Å². The lowest BCUT2D eigenvalue weighted by molar-refractivity contribution is 1.41. The molecule has 0 bridgehead atoms. The zero-order valence-electron chi connectivity index (χ0n) is 7.00. The monoisotopic (exact) mass is 288 g/mol. The number of benzene rings is 1. The Morgan fingerprint density at radius 2 is 2.21 bits per heavy atom. The average molecular weight is 290 g/mol. The molecule has 0 spiro atoms. The quantitative estimate of drug-likeness (QED) is 0.867. The molecule has 1 aromatic carbocycles. The van der Waals surface area contributed by atoms with Crippen molar-refractivity contribution in [3.8, 4) is 11.3 Å². The summed E-state index contributed by atoms with van der Waals surface area (Å²) in [6, 6.07) is 5.66. The number of aromatic nitrogens is 1. The van der Waals surface area contributed by atoms with Gasteiger partial charge in [-0.05, 0) is 28.1 Å². The van der Waals surface area contributed by atoms with E-state index in [0.29, 0.717) is 10.0 Å². The number of rotatable bonds is 1. The van der Waals surface area contributed by atoms with Crippen molar-refractivity contribution in [2.75, 3.05) is 5.73 Å². The molecular formula is C9H6BrClN2S. The summed E-state index contributed by atoms with van der Waals surface area (Å²) >= 11 is 10.7. The van der Waals surface area contributed by atoms with Crippen LogP contribution in [0.2, 0.25) is 5.02 Å². The fourth-order valence-electron chi connectivity index (χ4n) is 1.12. The molecule has 0 saturated heterocycles. The van der Waals surface area contributed by atoms with Crippen LogP contribution in [0.25, 0.3) is 11.3 Å². The molecule has 0 aliphatic rings. The van der Waals surface area contributed by atoms with E-state index in [1.807, 2.05) is 18.2 Å². The van der Waals surface area contributed by atoms with Crippen molar-refractivity contribution in [2.45, 2.75) is 0 Å². The smallest absolute Gasteiger partial charge is 0.114 e. The maximum absolute atomic E-state index is 5.97. The predicted octanol–water partition coefficient (Wildman–Crippen LogP) is 3.81. The van der Waals surface area contributed by atoms with Crippen molar-refractivity contribution in [3.63, 3.8) is 0 Å². The zero-order valence-corrected chi connectivity index (χ0v) is 10.2. The fraction of sp³-hybridized carbons (Fsp3) is 0. The van der Waals surface area contributed by atoms with E-state index in [2.05, 4.69) is 20.9 Å². The van der Waals surface area contributed by atoms with Crippen LogP contribution < -0.4 is 5.73 Å². The van der Waals surface area contributed by atoms with Gasteiger partial charge in [0.15, 0.2) is 0 Å². The van der Waals surface area contributed by atoms with Crippen LogP contribution in [0.4, 0.5) is 5.00 Å². The summed E-state index contributed by atoms with van der Waals surface area (Å²) < 4.78 is 0.872. The maximum atomic E-state index is 5.97. The Kier molecular flexibility index (Phi) is 2.76. The van der Waals surface area contributed by atoms with Gasteiger partial charge in [-0.2, -0.15) is 0 Å². The summed E-state index contributed by atoms with van der Waals surface area (Å²) in [7, 11) is 0. The average Bonchev–Trinajstić information content (AvgIpc) is 2.57. The molecule has 0 aliphatic heterocycles. The van der Waals surface area contributed by atoms with Gasteiger partial charge in [0.05, 0.1) is 10.5 Å². The second-order valence-electron chi connectivity index (χ2n) is 2.69. The highest BCUT2D eigenvalue weighted by molar-refractivity contribution is 9.10. The van der Waals surface area contributed by atoms with Crippen LogP contribution in [-0.2, 0) is 0 Å². The highest BCUT2D eigenvalue weighted by Gasteiger charge is 2.07. The van der Waals surface area contributed by atoms with Crippen LogP contribution >= 0.6 is 38.9 Å². The summed E-state index contributed by atoms with van der Waals surface area (Å²) in [6.45, 7) is 0. The molecule has 0 amide bonds. The molecule has 0 atom stereocenters. The first kappa shape index (κ1) is 9.96. The van der Waals surface area contributed by atoms with Gasteiger partial charge >= 0.3 is 0 Å². The summed E-state index contributed by atoms with van der Waals surface area (Å²) in [6.07, 6.45) is 0. The van der Waals surface area contributed by atoms with Gasteiger partial charge in [0, 0.05) is 10.0 Å². The zero-order chi connectivity index (χ0) is 10.1. The number of nitrogen functional groups attached to an aromatic ring is 1. The molecule has 2 N–H and O–H groups in total. The van der Waals surface area contributed by atoms with E-state index in [1.54, 1.807) is 5.51 Å². The van der Waals surface area contributed by atoms with E-state index >= 15 is 0 Å². The van der Waals surface area contributed by atoms with Crippen molar-refractivity contribution in [2.24, 2.45) is 0 Å². The van der Waals surface area contributed by atoms with Gasteiger partial charge in [0.25, 0.3) is 0 Å². The molecule has 0 unspecified atom stereocenters. The number of hydrogen-bond donors (Lipinski definition) is 1. The van der Waals surface area contributed by atoms with Gasteiger partial charge in [0.1, 0.15) is 10.7 Å². The largest absolute Gasteiger partial charge is 0.389 e. The summed E-state index contributed by atoms with van der Waals surface area (Å²) in [5, 5.41) is 1.37. The molecule has 14 heavy (non-hydrogen) atoms. The third-order valence-electron chi connectivity index (χ3n) is 1.79. The minimum atomic E-state index is 0.662. The van der Waals surface area contributed by atoms with E-state index in [-0.39, 0.29) is 0 Å². The topological polar surface area (TPSA) is 38.9 Å². The fourth-order valence-corrected chi connectivity index (χ4v) is 2.10. The third kappa shape index (κ3) is 1.78. The number of hydrogen-bond acceptors (Lipinski definition) is 3. The lowest BCUT2D eigenvalue weighted by Gasteiger charge is -2.00. The molecule has 1 heterocycles. The second kappa shape index (κ2) is 3.88. The van der Waals surface area contributed by atoms with E-state index < -0.39 is 0 Å². The predicted molar refractivity (Wildman–Crippen MR) is 64.7 cm³/mol. The van der Waals surface area contributed by atoms with Gasteiger partial charge in [0.2, 0.25) is 0 Å².